The van der Waals surface area contributed by atoms with Crippen LogP contribution in [-0.2, 0) is 26.6 Å². The van der Waals surface area contributed by atoms with E-state index in [-0.39, 0.29) is 24.0 Å². The van der Waals surface area contributed by atoms with Crippen LogP contribution in [0.25, 0.3) is 0 Å². The minimum atomic E-state index is 0. The van der Waals surface area contributed by atoms with Crippen molar-refractivity contribution in [2.45, 2.75) is 26.4 Å². The highest BCUT2D eigenvalue weighted by atomic mass is 127. The smallest absolute Gasteiger partial charge is 0.194 e. The molecule has 0 aliphatic rings. The maximum atomic E-state index is 5.27. The van der Waals surface area contributed by atoms with Crippen LogP contribution in [-0.4, -0.2) is 34.7 Å². The Morgan fingerprint density at radius 2 is 2.27 bits per heavy atom. The van der Waals surface area contributed by atoms with Gasteiger partial charge in [-0.05, 0) is 18.6 Å². The molecule has 0 atom stereocenters. The van der Waals surface area contributed by atoms with Gasteiger partial charge < -0.3 is 19.3 Å². The molecule has 0 radical (unpaired) electrons. The molecule has 0 saturated carbocycles. The van der Waals surface area contributed by atoms with Crippen molar-refractivity contribution in [3.8, 4) is 0 Å². The number of halogens is 1. The summed E-state index contributed by atoms with van der Waals surface area (Å²) in [4.78, 5) is 6.38. The average molecular weight is 417 g/mol. The Kier molecular flexibility index (Phi) is 7.43. The molecule has 0 aromatic carbocycles. The first kappa shape index (κ1) is 18.5. The molecule has 1 N–H and O–H groups in total. The van der Waals surface area contributed by atoms with E-state index in [0.717, 1.165) is 30.4 Å². The highest BCUT2D eigenvalue weighted by Crippen LogP contribution is 2.06. The standard InChI is InChI=1S/C15H23N5O.HI/c1-5-12-9-14(21-18-12)10-17-15(16-2)20(4)11-13-7-6-8-19(13)3;/h6-9H,5,10-11H2,1-4H3,(H,16,17);1H. The van der Waals surface area contributed by atoms with Crippen molar-refractivity contribution in [1.82, 2.24) is 19.9 Å². The van der Waals surface area contributed by atoms with E-state index < -0.39 is 0 Å². The van der Waals surface area contributed by atoms with Crippen LogP contribution in [0.15, 0.2) is 33.9 Å². The first-order valence-corrected chi connectivity index (χ1v) is 7.10. The van der Waals surface area contributed by atoms with Gasteiger partial charge in [-0.1, -0.05) is 12.1 Å². The van der Waals surface area contributed by atoms with Gasteiger partial charge in [0.25, 0.3) is 0 Å². The summed E-state index contributed by atoms with van der Waals surface area (Å²) >= 11 is 0. The van der Waals surface area contributed by atoms with Crippen LogP contribution in [0.4, 0.5) is 0 Å². The zero-order valence-electron chi connectivity index (χ0n) is 13.5. The number of guanidine groups is 1. The molecule has 2 aromatic rings. The zero-order chi connectivity index (χ0) is 15.2. The van der Waals surface area contributed by atoms with Gasteiger partial charge in [-0.25, -0.2) is 0 Å². The molecule has 0 aliphatic heterocycles. The second-order valence-electron chi connectivity index (χ2n) is 5.01. The minimum Gasteiger partial charge on any atom is -0.359 e. The molecule has 0 unspecified atom stereocenters. The molecular formula is C15H24IN5O. The maximum absolute atomic E-state index is 5.27. The summed E-state index contributed by atoms with van der Waals surface area (Å²) in [5.41, 5.74) is 2.20. The van der Waals surface area contributed by atoms with Crippen molar-refractivity contribution in [2.75, 3.05) is 14.1 Å². The summed E-state index contributed by atoms with van der Waals surface area (Å²) in [6.07, 6.45) is 2.92. The first-order chi connectivity index (χ1) is 10.1. The van der Waals surface area contributed by atoms with E-state index in [0.29, 0.717) is 6.54 Å². The SMILES string of the molecule is CCc1cc(CNC(=NC)N(C)Cc2cccn2C)on1.I. The second-order valence-corrected chi connectivity index (χ2v) is 5.01. The van der Waals surface area contributed by atoms with E-state index in [2.05, 4.69) is 37.9 Å². The first-order valence-electron chi connectivity index (χ1n) is 7.10. The van der Waals surface area contributed by atoms with E-state index >= 15 is 0 Å². The van der Waals surface area contributed by atoms with Gasteiger partial charge in [0.15, 0.2) is 11.7 Å². The lowest BCUT2D eigenvalue weighted by Crippen LogP contribution is -2.38. The van der Waals surface area contributed by atoms with Crippen LogP contribution in [0.2, 0.25) is 0 Å². The summed E-state index contributed by atoms with van der Waals surface area (Å²) in [7, 11) is 5.84. The Morgan fingerprint density at radius 3 is 2.82 bits per heavy atom. The van der Waals surface area contributed by atoms with Crippen molar-refractivity contribution in [3.63, 3.8) is 0 Å². The molecule has 0 aliphatic carbocycles. The fraction of sp³-hybridized carbons (Fsp3) is 0.467. The number of hydrogen-bond donors (Lipinski definition) is 1. The van der Waals surface area contributed by atoms with E-state index in [9.17, 15) is 0 Å². The number of aromatic nitrogens is 2. The maximum Gasteiger partial charge on any atom is 0.194 e. The van der Waals surface area contributed by atoms with E-state index in [1.54, 1.807) is 7.05 Å². The normalized spacial score (nSPS) is 11.2. The third-order valence-corrected chi connectivity index (χ3v) is 3.41. The van der Waals surface area contributed by atoms with Crippen molar-refractivity contribution in [1.29, 1.82) is 0 Å². The summed E-state index contributed by atoms with van der Waals surface area (Å²) in [6, 6.07) is 6.12. The topological polar surface area (TPSA) is 58.6 Å². The number of rotatable bonds is 5. The Labute approximate surface area is 148 Å². The number of aliphatic imine (C=N–C) groups is 1. The monoisotopic (exact) mass is 417 g/mol. The van der Waals surface area contributed by atoms with Crippen LogP contribution >= 0.6 is 24.0 Å². The predicted molar refractivity (Wildman–Crippen MR) is 98.4 cm³/mol. The molecular weight excluding hydrogens is 393 g/mol. The van der Waals surface area contributed by atoms with Gasteiger partial charge in [0, 0.05) is 39.1 Å². The summed E-state index contributed by atoms with van der Waals surface area (Å²) in [6.45, 7) is 3.43. The lowest BCUT2D eigenvalue weighted by atomic mass is 10.3. The van der Waals surface area contributed by atoms with Gasteiger partial charge in [0.05, 0.1) is 18.8 Å². The quantitative estimate of drug-likeness (QED) is 0.461. The molecule has 22 heavy (non-hydrogen) atoms. The molecule has 6 nitrogen and oxygen atoms in total. The lowest BCUT2D eigenvalue weighted by Gasteiger charge is -2.21. The third kappa shape index (κ3) is 4.75. The number of nitrogens with zero attached hydrogens (tertiary/aromatic N) is 4. The van der Waals surface area contributed by atoms with E-state index in [1.807, 2.05) is 32.4 Å². The Bertz CT molecular complexity index is 605. The summed E-state index contributed by atoms with van der Waals surface area (Å²) < 4.78 is 7.37. The Morgan fingerprint density at radius 1 is 1.50 bits per heavy atom. The van der Waals surface area contributed by atoms with Gasteiger partial charge in [-0.3, -0.25) is 4.99 Å². The number of nitrogens with one attached hydrogen (secondary N) is 1. The fourth-order valence-corrected chi connectivity index (χ4v) is 2.14. The van der Waals surface area contributed by atoms with Gasteiger partial charge in [-0.15, -0.1) is 24.0 Å². The van der Waals surface area contributed by atoms with Gasteiger partial charge in [-0.2, -0.15) is 0 Å². The molecule has 122 valence electrons. The average Bonchev–Trinajstić information content (AvgIpc) is 3.09. The predicted octanol–water partition coefficient (Wildman–Crippen LogP) is 2.40. The molecule has 2 rings (SSSR count). The molecule has 0 bridgehead atoms. The summed E-state index contributed by atoms with van der Waals surface area (Å²) in [5.74, 6) is 1.64. The van der Waals surface area contributed by atoms with Crippen LogP contribution in [0.5, 0.6) is 0 Å². The van der Waals surface area contributed by atoms with Crippen LogP contribution in [0.1, 0.15) is 24.1 Å². The van der Waals surface area contributed by atoms with Crippen molar-refractivity contribution < 1.29 is 4.52 Å². The third-order valence-electron chi connectivity index (χ3n) is 3.41. The minimum absolute atomic E-state index is 0. The largest absolute Gasteiger partial charge is 0.359 e. The lowest BCUT2D eigenvalue weighted by molar-refractivity contribution is 0.371. The number of aryl methyl sites for hydroxylation is 2. The molecule has 2 aromatic heterocycles. The zero-order valence-corrected chi connectivity index (χ0v) is 15.9. The summed E-state index contributed by atoms with van der Waals surface area (Å²) in [5, 5.41) is 7.27. The number of hydrogen-bond acceptors (Lipinski definition) is 3. The highest BCUT2D eigenvalue weighted by molar-refractivity contribution is 14.0. The Hall–Kier alpha value is -1.51. The van der Waals surface area contributed by atoms with Crippen LogP contribution < -0.4 is 5.32 Å². The van der Waals surface area contributed by atoms with Crippen molar-refractivity contribution in [2.24, 2.45) is 12.0 Å². The van der Waals surface area contributed by atoms with Crippen molar-refractivity contribution in [3.05, 3.63) is 41.5 Å². The van der Waals surface area contributed by atoms with Gasteiger partial charge in [0.2, 0.25) is 0 Å². The molecule has 0 spiro atoms. The molecule has 7 heteroatoms. The second kappa shape index (κ2) is 8.82. The highest BCUT2D eigenvalue weighted by Gasteiger charge is 2.09. The van der Waals surface area contributed by atoms with Gasteiger partial charge >= 0.3 is 0 Å². The fourth-order valence-electron chi connectivity index (χ4n) is 2.14. The Balaban J connectivity index is 0.00000242. The van der Waals surface area contributed by atoms with E-state index in [4.69, 9.17) is 4.52 Å². The molecule has 0 fully saturated rings. The van der Waals surface area contributed by atoms with E-state index in [1.165, 1.54) is 5.69 Å². The molecule has 2 heterocycles. The molecule has 0 saturated heterocycles. The van der Waals surface area contributed by atoms with Crippen LogP contribution in [0, 0.1) is 0 Å². The molecule has 0 amide bonds. The van der Waals surface area contributed by atoms with Crippen LogP contribution in [0.3, 0.4) is 0 Å². The van der Waals surface area contributed by atoms with Gasteiger partial charge in [0.1, 0.15) is 0 Å². The van der Waals surface area contributed by atoms with Crippen molar-refractivity contribution >= 4 is 29.9 Å².